The first-order chi connectivity index (χ1) is 12.5. The Balaban J connectivity index is 2.43. The van der Waals surface area contributed by atoms with Crippen molar-refractivity contribution in [2.24, 2.45) is 7.05 Å². The summed E-state index contributed by atoms with van der Waals surface area (Å²) in [6, 6.07) is 1.63. The van der Waals surface area contributed by atoms with Crippen molar-refractivity contribution in [3.63, 3.8) is 0 Å². The van der Waals surface area contributed by atoms with Gasteiger partial charge in [0.2, 0.25) is 0 Å². The molecule has 0 saturated heterocycles. The number of benzene rings is 1. The lowest BCUT2D eigenvalue weighted by atomic mass is 10.2. The molecule has 0 aliphatic carbocycles. The number of aromatic nitrogens is 2. The van der Waals surface area contributed by atoms with E-state index in [-0.39, 0.29) is 0 Å². The number of carbonyl (C=O) groups is 2. The first-order valence-corrected chi connectivity index (χ1v) is 8.43. The van der Waals surface area contributed by atoms with Crippen LogP contribution in [0, 0.1) is 11.6 Å². The zero-order valence-electron chi connectivity index (χ0n) is 13.7. The monoisotopic (exact) mass is 409 g/mol. The van der Waals surface area contributed by atoms with Gasteiger partial charge in [-0.2, -0.15) is 5.10 Å². The molecule has 1 heterocycles. The summed E-state index contributed by atoms with van der Waals surface area (Å²) in [4.78, 5) is 22.3. The van der Waals surface area contributed by atoms with Gasteiger partial charge in [-0.25, -0.2) is 35.5 Å². The van der Waals surface area contributed by atoms with Crippen molar-refractivity contribution >= 4 is 21.9 Å². The van der Waals surface area contributed by atoms with Crippen LogP contribution in [0.5, 0.6) is 0 Å². The fourth-order valence-corrected chi connectivity index (χ4v) is 3.11. The number of hydrogen-bond acceptors (Lipinski definition) is 6. The Morgan fingerprint density at radius 3 is 2.41 bits per heavy atom. The molecule has 0 atom stereocenters. The van der Waals surface area contributed by atoms with Crippen LogP contribution in [0.4, 0.5) is 17.6 Å². The van der Waals surface area contributed by atoms with Gasteiger partial charge in [-0.1, -0.05) is 0 Å². The quantitative estimate of drug-likeness (QED) is 0.593. The standard InChI is InChI=1S/C14H11F4N3O5S/c1-21-8(5-7(19-21)12(17)18)13(22)20-27(24,25)9-4-3-6(15)10(11(9)16)14(23)26-2/h3-5,12H,1-2H3,(H,20,22). The number of amides is 1. The number of rotatable bonds is 5. The molecule has 2 rings (SSSR count). The van der Waals surface area contributed by atoms with Gasteiger partial charge in [-0.3, -0.25) is 9.48 Å². The molecule has 1 aromatic heterocycles. The summed E-state index contributed by atoms with van der Waals surface area (Å²) < 4.78 is 84.0. The van der Waals surface area contributed by atoms with Crippen molar-refractivity contribution in [3.8, 4) is 0 Å². The summed E-state index contributed by atoms with van der Waals surface area (Å²) in [5.41, 5.74) is -2.60. The largest absolute Gasteiger partial charge is 0.465 e. The topological polar surface area (TPSA) is 107 Å². The minimum atomic E-state index is -4.92. The molecule has 8 nitrogen and oxygen atoms in total. The molecule has 0 aliphatic rings. The summed E-state index contributed by atoms with van der Waals surface area (Å²) in [6.07, 6.45) is -3.01. The van der Waals surface area contributed by atoms with Gasteiger partial charge in [0.15, 0.2) is 5.82 Å². The lowest BCUT2D eigenvalue weighted by molar-refractivity contribution is 0.0589. The molecule has 13 heteroatoms. The molecular formula is C14H11F4N3O5S. The summed E-state index contributed by atoms with van der Waals surface area (Å²) in [5.74, 6) is -6.01. The lowest BCUT2D eigenvalue weighted by Crippen LogP contribution is -2.33. The highest BCUT2D eigenvalue weighted by molar-refractivity contribution is 7.90. The molecule has 0 unspecified atom stereocenters. The molecule has 0 spiro atoms. The summed E-state index contributed by atoms with van der Waals surface area (Å²) >= 11 is 0. The van der Waals surface area contributed by atoms with Gasteiger partial charge in [0, 0.05) is 7.05 Å². The van der Waals surface area contributed by atoms with Gasteiger partial charge in [0.25, 0.3) is 22.4 Å². The average Bonchev–Trinajstić information content (AvgIpc) is 2.96. The minimum Gasteiger partial charge on any atom is -0.465 e. The van der Waals surface area contributed by atoms with Crippen LogP contribution < -0.4 is 4.72 Å². The van der Waals surface area contributed by atoms with Crippen LogP contribution in [-0.2, 0) is 21.8 Å². The predicted octanol–water partition coefficient (Wildman–Crippen LogP) is 1.54. The number of hydrogen-bond donors (Lipinski definition) is 1. The van der Waals surface area contributed by atoms with Gasteiger partial charge in [-0.15, -0.1) is 0 Å². The van der Waals surface area contributed by atoms with Crippen LogP contribution in [-0.4, -0.2) is 37.2 Å². The predicted molar refractivity (Wildman–Crippen MR) is 80.5 cm³/mol. The Morgan fingerprint density at radius 2 is 1.89 bits per heavy atom. The first-order valence-electron chi connectivity index (χ1n) is 6.95. The van der Waals surface area contributed by atoms with Crippen LogP contribution in [0.2, 0.25) is 0 Å². The highest BCUT2D eigenvalue weighted by Gasteiger charge is 2.30. The molecule has 2 aromatic rings. The summed E-state index contributed by atoms with van der Waals surface area (Å²) in [6.45, 7) is 0. The fourth-order valence-electron chi connectivity index (χ4n) is 2.07. The Hall–Kier alpha value is -2.96. The Labute approximate surface area is 149 Å². The van der Waals surface area contributed by atoms with E-state index in [2.05, 4.69) is 9.84 Å². The molecule has 1 N–H and O–H groups in total. The number of methoxy groups -OCH3 is 1. The molecule has 0 saturated carbocycles. The Kier molecular flexibility index (Phi) is 5.54. The number of aryl methyl sites for hydroxylation is 1. The second-order valence-electron chi connectivity index (χ2n) is 5.04. The zero-order valence-corrected chi connectivity index (χ0v) is 14.5. The van der Waals surface area contributed by atoms with Crippen molar-refractivity contribution in [1.29, 1.82) is 0 Å². The van der Waals surface area contributed by atoms with Crippen molar-refractivity contribution in [1.82, 2.24) is 14.5 Å². The van der Waals surface area contributed by atoms with E-state index < -0.39 is 61.8 Å². The third-order valence-corrected chi connectivity index (χ3v) is 4.67. The van der Waals surface area contributed by atoms with E-state index in [4.69, 9.17) is 0 Å². The molecule has 1 amide bonds. The zero-order chi connectivity index (χ0) is 20.5. The number of ether oxygens (including phenoxy) is 1. The Bertz CT molecular complexity index is 1020. The van der Waals surface area contributed by atoms with E-state index in [1.54, 1.807) is 0 Å². The molecule has 0 fully saturated rings. The lowest BCUT2D eigenvalue weighted by Gasteiger charge is -2.10. The third kappa shape index (κ3) is 3.92. The molecular weight excluding hydrogens is 398 g/mol. The number of nitrogens with zero attached hydrogens (tertiary/aromatic N) is 2. The van der Waals surface area contributed by atoms with Gasteiger partial charge >= 0.3 is 5.97 Å². The number of alkyl halides is 2. The van der Waals surface area contributed by atoms with Crippen molar-refractivity contribution < 1.29 is 40.3 Å². The van der Waals surface area contributed by atoms with E-state index in [1.807, 2.05) is 0 Å². The second-order valence-corrected chi connectivity index (χ2v) is 6.69. The molecule has 0 aliphatic heterocycles. The van der Waals surface area contributed by atoms with E-state index in [1.165, 1.54) is 4.72 Å². The number of esters is 1. The normalized spacial score (nSPS) is 11.5. The number of nitrogens with one attached hydrogen (secondary N) is 1. The smallest absolute Gasteiger partial charge is 0.343 e. The van der Waals surface area contributed by atoms with Crippen LogP contribution in [0.15, 0.2) is 23.1 Å². The minimum absolute atomic E-state index is 0.487. The van der Waals surface area contributed by atoms with Crippen LogP contribution >= 0.6 is 0 Å². The number of halogens is 4. The molecule has 1 aromatic carbocycles. The molecule has 27 heavy (non-hydrogen) atoms. The summed E-state index contributed by atoms with van der Waals surface area (Å²) in [5, 5.41) is 3.34. The molecule has 0 radical (unpaired) electrons. The van der Waals surface area contributed by atoms with Gasteiger partial charge in [-0.05, 0) is 18.2 Å². The SMILES string of the molecule is COC(=O)c1c(F)ccc(S(=O)(=O)NC(=O)c2cc(C(F)F)nn2C)c1F. The second kappa shape index (κ2) is 7.34. The van der Waals surface area contributed by atoms with Crippen molar-refractivity contribution in [2.75, 3.05) is 7.11 Å². The maximum absolute atomic E-state index is 14.3. The third-order valence-electron chi connectivity index (χ3n) is 3.32. The summed E-state index contributed by atoms with van der Waals surface area (Å²) in [7, 11) is -2.99. The number of carbonyl (C=O) groups excluding carboxylic acids is 2. The van der Waals surface area contributed by atoms with E-state index >= 15 is 0 Å². The first kappa shape index (κ1) is 20.4. The molecule has 0 bridgehead atoms. The van der Waals surface area contributed by atoms with Gasteiger partial charge < -0.3 is 4.74 Å². The number of sulfonamides is 1. The molecule has 146 valence electrons. The highest BCUT2D eigenvalue weighted by Crippen LogP contribution is 2.22. The fraction of sp³-hybridized carbons (Fsp3) is 0.214. The Morgan fingerprint density at radius 1 is 1.26 bits per heavy atom. The van der Waals surface area contributed by atoms with E-state index in [9.17, 15) is 35.6 Å². The van der Waals surface area contributed by atoms with Gasteiger partial charge in [0.1, 0.15) is 27.7 Å². The van der Waals surface area contributed by atoms with Crippen molar-refractivity contribution in [3.05, 3.63) is 46.8 Å². The van der Waals surface area contributed by atoms with Crippen LogP contribution in [0.3, 0.4) is 0 Å². The maximum Gasteiger partial charge on any atom is 0.343 e. The average molecular weight is 409 g/mol. The van der Waals surface area contributed by atoms with Crippen LogP contribution in [0.1, 0.15) is 33.0 Å². The van der Waals surface area contributed by atoms with E-state index in [0.717, 1.165) is 14.2 Å². The maximum atomic E-state index is 14.3. The van der Waals surface area contributed by atoms with Crippen LogP contribution in [0.25, 0.3) is 0 Å². The van der Waals surface area contributed by atoms with E-state index in [0.29, 0.717) is 22.9 Å². The van der Waals surface area contributed by atoms with Gasteiger partial charge in [0.05, 0.1) is 7.11 Å². The highest BCUT2D eigenvalue weighted by atomic mass is 32.2. The van der Waals surface area contributed by atoms with Crippen molar-refractivity contribution in [2.45, 2.75) is 11.3 Å².